The molecule has 196 valence electrons. The van der Waals surface area contributed by atoms with Crippen LogP contribution in [-0.4, -0.2) is 10.1 Å². The van der Waals surface area contributed by atoms with E-state index in [1.807, 2.05) is 0 Å². The number of anilines is 2. The molecular formula is C38H34N2. The third-order valence-electron chi connectivity index (χ3n) is 10.1. The highest BCUT2D eigenvalue weighted by atomic mass is 15.3. The van der Waals surface area contributed by atoms with Crippen LogP contribution in [0.15, 0.2) is 121 Å². The molecule has 2 aliphatic rings. The summed E-state index contributed by atoms with van der Waals surface area (Å²) in [5, 5.41) is 2.63. The van der Waals surface area contributed by atoms with Crippen LogP contribution in [0.1, 0.15) is 45.1 Å². The summed E-state index contributed by atoms with van der Waals surface area (Å²) in [6, 6.07) is 44.7. The fourth-order valence-corrected chi connectivity index (χ4v) is 8.06. The SMILES string of the molecule is CC12CCCCC1(C)N(c1ccccc1)c1c(-c3cccc4c3c3ccccc3n4-c3ccccc3)cccc12. The van der Waals surface area contributed by atoms with Gasteiger partial charge < -0.3 is 9.47 Å². The van der Waals surface area contributed by atoms with Crippen molar-refractivity contribution in [1.82, 2.24) is 4.57 Å². The van der Waals surface area contributed by atoms with Crippen molar-refractivity contribution in [1.29, 1.82) is 0 Å². The van der Waals surface area contributed by atoms with Gasteiger partial charge in [-0.05, 0) is 67.3 Å². The highest BCUT2D eigenvalue weighted by Crippen LogP contribution is 2.63. The molecule has 0 amide bonds. The topological polar surface area (TPSA) is 8.17 Å². The van der Waals surface area contributed by atoms with Crippen molar-refractivity contribution in [3.8, 4) is 16.8 Å². The molecule has 2 unspecified atom stereocenters. The third kappa shape index (κ3) is 3.05. The van der Waals surface area contributed by atoms with Crippen LogP contribution < -0.4 is 4.90 Å². The molecule has 1 saturated carbocycles. The molecule has 1 aliphatic carbocycles. The Morgan fingerprint density at radius 2 is 1.18 bits per heavy atom. The number of aromatic nitrogens is 1. The number of para-hydroxylation sites is 4. The number of hydrogen-bond donors (Lipinski definition) is 0. The van der Waals surface area contributed by atoms with E-state index in [1.54, 1.807) is 0 Å². The van der Waals surface area contributed by atoms with E-state index in [9.17, 15) is 0 Å². The van der Waals surface area contributed by atoms with Gasteiger partial charge in [0.25, 0.3) is 0 Å². The Bertz CT molecular complexity index is 1880. The predicted octanol–water partition coefficient (Wildman–Crippen LogP) is 10.2. The number of hydrogen-bond acceptors (Lipinski definition) is 1. The number of rotatable bonds is 3. The maximum atomic E-state index is 2.71. The van der Waals surface area contributed by atoms with Crippen molar-refractivity contribution in [3.05, 3.63) is 127 Å². The Balaban J connectivity index is 1.47. The van der Waals surface area contributed by atoms with Gasteiger partial charge in [0.15, 0.2) is 0 Å². The van der Waals surface area contributed by atoms with Gasteiger partial charge in [-0.3, -0.25) is 0 Å². The molecule has 2 atom stereocenters. The van der Waals surface area contributed by atoms with Crippen LogP contribution in [0, 0.1) is 0 Å². The molecule has 5 aromatic carbocycles. The summed E-state index contributed by atoms with van der Waals surface area (Å²) in [6.07, 6.45) is 4.99. The highest BCUT2D eigenvalue weighted by Gasteiger charge is 2.58. The Morgan fingerprint density at radius 3 is 1.98 bits per heavy atom. The normalized spacial score (nSPS) is 22.0. The zero-order valence-corrected chi connectivity index (χ0v) is 23.3. The Morgan fingerprint density at radius 1 is 0.550 bits per heavy atom. The fourth-order valence-electron chi connectivity index (χ4n) is 8.06. The second-order valence-electron chi connectivity index (χ2n) is 12.1. The van der Waals surface area contributed by atoms with Crippen LogP contribution in [0.3, 0.4) is 0 Å². The summed E-state index contributed by atoms with van der Waals surface area (Å²) in [7, 11) is 0. The van der Waals surface area contributed by atoms with E-state index in [1.165, 1.54) is 81.2 Å². The Kier molecular flexibility index (Phi) is 5.07. The molecule has 0 spiro atoms. The Hall–Kier alpha value is -4.30. The van der Waals surface area contributed by atoms with Gasteiger partial charge in [-0.1, -0.05) is 105 Å². The van der Waals surface area contributed by atoms with Crippen molar-refractivity contribution in [2.45, 2.75) is 50.5 Å². The zero-order valence-electron chi connectivity index (χ0n) is 23.3. The van der Waals surface area contributed by atoms with E-state index in [4.69, 9.17) is 0 Å². The monoisotopic (exact) mass is 518 g/mol. The summed E-state index contributed by atoms with van der Waals surface area (Å²) in [5.41, 5.74) is 10.6. The second-order valence-corrected chi connectivity index (χ2v) is 12.1. The van der Waals surface area contributed by atoms with Crippen LogP contribution in [0.4, 0.5) is 11.4 Å². The summed E-state index contributed by atoms with van der Waals surface area (Å²) in [6.45, 7) is 5.05. The zero-order chi connectivity index (χ0) is 26.9. The first-order valence-electron chi connectivity index (χ1n) is 14.7. The molecule has 1 aliphatic heterocycles. The van der Waals surface area contributed by atoms with E-state index in [-0.39, 0.29) is 11.0 Å². The summed E-state index contributed by atoms with van der Waals surface area (Å²) < 4.78 is 2.43. The van der Waals surface area contributed by atoms with Gasteiger partial charge >= 0.3 is 0 Å². The molecule has 40 heavy (non-hydrogen) atoms. The van der Waals surface area contributed by atoms with Gasteiger partial charge in [-0.25, -0.2) is 0 Å². The van der Waals surface area contributed by atoms with Gasteiger partial charge in [0, 0.05) is 33.1 Å². The predicted molar refractivity (Wildman–Crippen MR) is 169 cm³/mol. The Labute approximate surface area is 236 Å². The first kappa shape index (κ1) is 23.6. The highest BCUT2D eigenvalue weighted by molar-refractivity contribution is 6.17. The molecule has 0 radical (unpaired) electrons. The van der Waals surface area contributed by atoms with E-state index >= 15 is 0 Å². The van der Waals surface area contributed by atoms with Crippen LogP contribution in [0.2, 0.25) is 0 Å². The second kappa shape index (κ2) is 8.60. The lowest BCUT2D eigenvalue weighted by atomic mass is 9.61. The first-order valence-corrected chi connectivity index (χ1v) is 14.7. The van der Waals surface area contributed by atoms with Crippen LogP contribution in [0.5, 0.6) is 0 Å². The number of benzene rings is 5. The minimum Gasteiger partial charge on any atom is -0.334 e. The fraction of sp³-hybridized carbons (Fsp3) is 0.211. The molecule has 1 fully saturated rings. The van der Waals surface area contributed by atoms with E-state index < -0.39 is 0 Å². The molecule has 2 heteroatoms. The van der Waals surface area contributed by atoms with Crippen molar-refractivity contribution in [3.63, 3.8) is 0 Å². The lowest BCUT2D eigenvalue weighted by molar-refractivity contribution is 0.195. The van der Waals surface area contributed by atoms with Crippen molar-refractivity contribution in [2.24, 2.45) is 0 Å². The largest absolute Gasteiger partial charge is 0.334 e. The molecule has 0 saturated heterocycles. The van der Waals surface area contributed by atoms with E-state index in [0.717, 1.165) is 0 Å². The van der Waals surface area contributed by atoms with Gasteiger partial charge in [0.05, 0.1) is 22.3 Å². The number of fused-ring (bicyclic) bond motifs is 6. The molecule has 8 rings (SSSR count). The standard InChI is InChI=1S/C38H34N2/c1-37-25-11-12-26-38(37,2)40(28-17-7-4-8-18-28)36-30(21-13-22-32(36)37)29-20-14-24-34-35(29)31-19-9-10-23-33(31)39(34)27-15-5-3-6-16-27/h3-10,13-24H,11-12,25-26H2,1-2H3. The molecule has 0 N–H and O–H groups in total. The molecule has 0 bridgehead atoms. The van der Waals surface area contributed by atoms with Gasteiger partial charge in [-0.15, -0.1) is 0 Å². The maximum absolute atomic E-state index is 2.71. The van der Waals surface area contributed by atoms with Crippen molar-refractivity contribution >= 4 is 33.2 Å². The van der Waals surface area contributed by atoms with E-state index in [0.29, 0.717) is 0 Å². The number of nitrogens with zero attached hydrogens (tertiary/aromatic N) is 2. The smallest absolute Gasteiger partial charge is 0.0547 e. The van der Waals surface area contributed by atoms with Crippen LogP contribution >= 0.6 is 0 Å². The lowest BCUT2D eigenvalue weighted by Crippen LogP contribution is -2.54. The quantitative estimate of drug-likeness (QED) is 0.226. The lowest BCUT2D eigenvalue weighted by Gasteiger charge is -2.50. The van der Waals surface area contributed by atoms with Crippen LogP contribution in [-0.2, 0) is 5.41 Å². The van der Waals surface area contributed by atoms with Crippen molar-refractivity contribution in [2.75, 3.05) is 4.90 Å². The summed E-state index contributed by atoms with van der Waals surface area (Å²) in [5.74, 6) is 0. The summed E-state index contributed by atoms with van der Waals surface area (Å²) in [4.78, 5) is 2.71. The van der Waals surface area contributed by atoms with Crippen molar-refractivity contribution < 1.29 is 0 Å². The summed E-state index contributed by atoms with van der Waals surface area (Å²) >= 11 is 0. The molecular weight excluding hydrogens is 484 g/mol. The third-order valence-corrected chi connectivity index (χ3v) is 10.1. The van der Waals surface area contributed by atoms with Gasteiger partial charge in [-0.2, -0.15) is 0 Å². The molecule has 6 aromatic rings. The molecule has 2 nitrogen and oxygen atoms in total. The average molecular weight is 519 g/mol. The first-order chi connectivity index (χ1) is 19.6. The minimum atomic E-state index is 0.0248. The maximum Gasteiger partial charge on any atom is 0.0547 e. The average Bonchev–Trinajstić information content (AvgIpc) is 3.45. The minimum absolute atomic E-state index is 0.0248. The molecule has 1 aromatic heterocycles. The van der Waals surface area contributed by atoms with E-state index in [2.05, 4.69) is 145 Å². The van der Waals surface area contributed by atoms with Crippen LogP contribution in [0.25, 0.3) is 38.6 Å². The van der Waals surface area contributed by atoms with Gasteiger partial charge in [0.1, 0.15) is 0 Å². The van der Waals surface area contributed by atoms with Gasteiger partial charge in [0.2, 0.25) is 0 Å². The molecule has 2 heterocycles.